The third-order valence-corrected chi connectivity index (χ3v) is 3.99. The number of rotatable bonds is 6. The van der Waals surface area contributed by atoms with Crippen LogP contribution < -0.4 is 5.32 Å². The maximum absolute atomic E-state index is 12.6. The van der Waals surface area contributed by atoms with Gasteiger partial charge in [-0.1, -0.05) is 70.2 Å². The van der Waals surface area contributed by atoms with Gasteiger partial charge in [-0.2, -0.15) is 4.68 Å². The van der Waals surface area contributed by atoms with E-state index in [1.54, 1.807) is 0 Å². The molecular formula is C20H30N4O3. The van der Waals surface area contributed by atoms with Gasteiger partial charge < -0.3 is 10.1 Å². The summed E-state index contributed by atoms with van der Waals surface area (Å²) in [7, 11) is 1.27. The zero-order chi connectivity index (χ0) is 20.4. The molecule has 0 saturated carbocycles. The highest BCUT2D eigenvalue weighted by Gasteiger charge is 2.25. The monoisotopic (exact) mass is 374 g/mol. The van der Waals surface area contributed by atoms with E-state index in [2.05, 4.69) is 20.4 Å². The summed E-state index contributed by atoms with van der Waals surface area (Å²) in [5.41, 5.74) is 1.64. The molecule has 2 aromatic rings. The second-order valence-electron chi connectivity index (χ2n) is 6.38. The molecule has 2 atom stereocenters. The van der Waals surface area contributed by atoms with Crippen LogP contribution in [0.4, 0.5) is 4.79 Å². The van der Waals surface area contributed by atoms with Crippen molar-refractivity contribution in [2.45, 2.75) is 47.1 Å². The molecule has 7 heteroatoms. The van der Waals surface area contributed by atoms with E-state index in [-0.39, 0.29) is 23.8 Å². The SMILES string of the molecule is CC.COC(=O)n1cc(C(NC(=O)[C@H](C)Cc2ccccc2)C(C)C)nn1. The minimum atomic E-state index is -0.620. The number of methoxy groups -OCH3 is 1. The topological polar surface area (TPSA) is 86.1 Å². The van der Waals surface area contributed by atoms with Crippen molar-refractivity contribution in [3.63, 3.8) is 0 Å². The summed E-state index contributed by atoms with van der Waals surface area (Å²) in [5.74, 6) is -0.148. The van der Waals surface area contributed by atoms with Crippen molar-refractivity contribution in [1.29, 1.82) is 0 Å². The molecule has 0 aliphatic heterocycles. The minimum Gasteiger partial charge on any atom is -0.451 e. The van der Waals surface area contributed by atoms with Crippen LogP contribution in [0.3, 0.4) is 0 Å². The Balaban J connectivity index is 0.00000176. The molecule has 2 rings (SSSR count). The van der Waals surface area contributed by atoms with E-state index in [1.165, 1.54) is 13.3 Å². The van der Waals surface area contributed by atoms with Gasteiger partial charge in [-0.15, -0.1) is 5.10 Å². The molecule has 0 aliphatic rings. The van der Waals surface area contributed by atoms with Gasteiger partial charge in [0.05, 0.1) is 19.3 Å². The summed E-state index contributed by atoms with van der Waals surface area (Å²) in [6.45, 7) is 9.85. The van der Waals surface area contributed by atoms with Crippen LogP contribution in [0.2, 0.25) is 0 Å². The van der Waals surface area contributed by atoms with Crippen molar-refractivity contribution in [2.24, 2.45) is 11.8 Å². The second kappa shape index (κ2) is 11.1. The molecule has 7 nitrogen and oxygen atoms in total. The molecular weight excluding hydrogens is 344 g/mol. The van der Waals surface area contributed by atoms with Crippen LogP contribution in [0.5, 0.6) is 0 Å². The molecule has 1 aromatic carbocycles. The van der Waals surface area contributed by atoms with Crippen molar-refractivity contribution >= 4 is 12.0 Å². The number of nitrogens with zero attached hydrogens (tertiary/aromatic N) is 3. The first-order valence-corrected chi connectivity index (χ1v) is 9.27. The van der Waals surface area contributed by atoms with Crippen LogP contribution in [0.15, 0.2) is 36.5 Å². The minimum absolute atomic E-state index is 0.0600. The van der Waals surface area contributed by atoms with Crippen molar-refractivity contribution in [1.82, 2.24) is 20.3 Å². The fourth-order valence-corrected chi connectivity index (χ4v) is 2.54. The summed E-state index contributed by atoms with van der Waals surface area (Å²) in [6, 6.07) is 9.55. The Kier molecular flexibility index (Phi) is 9.19. The van der Waals surface area contributed by atoms with Gasteiger partial charge in [-0.3, -0.25) is 4.79 Å². The maximum atomic E-state index is 12.6. The predicted octanol–water partition coefficient (Wildman–Crippen LogP) is 3.61. The van der Waals surface area contributed by atoms with Crippen molar-refractivity contribution < 1.29 is 14.3 Å². The van der Waals surface area contributed by atoms with Crippen LogP contribution >= 0.6 is 0 Å². The van der Waals surface area contributed by atoms with Crippen LogP contribution in [-0.4, -0.2) is 34.1 Å². The Morgan fingerprint density at radius 1 is 1.15 bits per heavy atom. The lowest BCUT2D eigenvalue weighted by atomic mass is 9.97. The average molecular weight is 374 g/mol. The summed E-state index contributed by atoms with van der Waals surface area (Å²) in [6.07, 6.45) is 1.52. The molecule has 148 valence electrons. The number of ether oxygens (including phenoxy) is 1. The summed E-state index contributed by atoms with van der Waals surface area (Å²) >= 11 is 0. The van der Waals surface area contributed by atoms with Gasteiger partial charge in [0.1, 0.15) is 5.69 Å². The molecule has 0 fully saturated rings. The number of benzene rings is 1. The van der Waals surface area contributed by atoms with Gasteiger partial charge in [0.2, 0.25) is 5.91 Å². The Morgan fingerprint density at radius 2 is 1.78 bits per heavy atom. The number of aromatic nitrogens is 3. The maximum Gasteiger partial charge on any atom is 0.435 e. The molecule has 27 heavy (non-hydrogen) atoms. The van der Waals surface area contributed by atoms with E-state index >= 15 is 0 Å². The highest BCUT2D eigenvalue weighted by Crippen LogP contribution is 2.20. The van der Waals surface area contributed by atoms with Crippen LogP contribution in [0, 0.1) is 11.8 Å². The number of nitrogens with one attached hydrogen (secondary N) is 1. The molecule has 1 unspecified atom stereocenters. The van der Waals surface area contributed by atoms with Crippen LogP contribution in [0.1, 0.15) is 51.9 Å². The summed E-state index contributed by atoms with van der Waals surface area (Å²) in [5, 5.41) is 10.8. The zero-order valence-electron chi connectivity index (χ0n) is 17.0. The number of carbonyl (C=O) groups is 2. The number of hydrogen-bond donors (Lipinski definition) is 1. The number of hydrogen-bond acceptors (Lipinski definition) is 5. The van der Waals surface area contributed by atoms with E-state index in [0.717, 1.165) is 10.2 Å². The quantitative estimate of drug-likeness (QED) is 0.835. The Labute approximate surface area is 161 Å². The lowest BCUT2D eigenvalue weighted by molar-refractivity contribution is -0.125. The van der Waals surface area contributed by atoms with E-state index in [0.29, 0.717) is 12.1 Å². The van der Waals surface area contributed by atoms with Gasteiger partial charge >= 0.3 is 6.09 Å². The third-order valence-electron chi connectivity index (χ3n) is 3.99. The Hall–Kier alpha value is -2.70. The Bertz CT molecular complexity index is 713. The second-order valence-corrected chi connectivity index (χ2v) is 6.38. The van der Waals surface area contributed by atoms with Gasteiger partial charge in [0, 0.05) is 5.92 Å². The fourth-order valence-electron chi connectivity index (χ4n) is 2.54. The first-order valence-electron chi connectivity index (χ1n) is 9.27. The first-order chi connectivity index (χ1) is 12.9. The number of carbonyl (C=O) groups excluding carboxylic acids is 2. The molecule has 0 bridgehead atoms. The molecule has 1 heterocycles. The predicted molar refractivity (Wildman–Crippen MR) is 104 cm³/mol. The standard InChI is InChI=1S/C18H24N4O3.C2H6/c1-12(2)16(15-11-22(21-20-15)18(24)25-4)19-17(23)13(3)10-14-8-6-5-7-9-14;1-2/h5-9,11-13,16H,10H2,1-4H3,(H,19,23);1-2H3/t13-,16?;/m1./s1. The van der Waals surface area contributed by atoms with Gasteiger partial charge in [0.15, 0.2) is 0 Å². The first kappa shape index (κ1) is 22.3. The molecule has 1 aromatic heterocycles. The van der Waals surface area contributed by atoms with E-state index in [1.807, 2.05) is 65.0 Å². The van der Waals surface area contributed by atoms with E-state index in [9.17, 15) is 9.59 Å². The largest absolute Gasteiger partial charge is 0.451 e. The molecule has 1 amide bonds. The van der Waals surface area contributed by atoms with Gasteiger partial charge in [-0.25, -0.2) is 4.79 Å². The molecule has 1 N–H and O–H groups in total. The average Bonchev–Trinajstić information content (AvgIpc) is 3.17. The smallest absolute Gasteiger partial charge is 0.435 e. The summed E-state index contributed by atoms with van der Waals surface area (Å²) < 4.78 is 5.63. The highest BCUT2D eigenvalue weighted by molar-refractivity contribution is 5.79. The van der Waals surface area contributed by atoms with E-state index in [4.69, 9.17) is 0 Å². The molecule has 0 aliphatic carbocycles. The van der Waals surface area contributed by atoms with E-state index < -0.39 is 6.09 Å². The zero-order valence-corrected chi connectivity index (χ0v) is 17.0. The number of amides is 1. The lowest BCUT2D eigenvalue weighted by Gasteiger charge is -2.22. The van der Waals surface area contributed by atoms with Crippen molar-refractivity contribution in [2.75, 3.05) is 7.11 Å². The van der Waals surface area contributed by atoms with Crippen molar-refractivity contribution in [3.05, 3.63) is 47.8 Å². The van der Waals surface area contributed by atoms with Crippen molar-refractivity contribution in [3.8, 4) is 0 Å². The summed E-state index contributed by atoms with van der Waals surface area (Å²) in [4.78, 5) is 24.1. The fraction of sp³-hybridized carbons (Fsp3) is 0.500. The lowest BCUT2D eigenvalue weighted by Crippen LogP contribution is -2.36. The normalized spacial score (nSPS) is 12.6. The van der Waals surface area contributed by atoms with Gasteiger partial charge in [-0.05, 0) is 17.9 Å². The highest BCUT2D eigenvalue weighted by atomic mass is 16.5. The molecule has 0 radical (unpaired) electrons. The van der Waals surface area contributed by atoms with Gasteiger partial charge in [0.25, 0.3) is 0 Å². The van der Waals surface area contributed by atoms with Crippen LogP contribution in [0.25, 0.3) is 0 Å². The molecule has 0 saturated heterocycles. The molecule has 0 spiro atoms. The third kappa shape index (κ3) is 6.51. The Morgan fingerprint density at radius 3 is 2.33 bits per heavy atom. The van der Waals surface area contributed by atoms with Crippen LogP contribution in [-0.2, 0) is 16.0 Å².